The van der Waals surface area contributed by atoms with Crippen LogP contribution in [0.4, 0.5) is 21.0 Å². The van der Waals surface area contributed by atoms with E-state index in [0.717, 1.165) is 22.3 Å². The van der Waals surface area contributed by atoms with Gasteiger partial charge in [0, 0.05) is 84.7 Å². The molecule has 6 heterocycles. The van der Waals surface area contributed by atoms with Gasteiger partial charge in [-0.05, 0) is 108 Å². The van der Waals surface area contributed by atoms with Gasteiger partial charge in [0.25, 0.3) is 0 Å². The first-order chi connectivity index (χ1) is 48.6. The molecule has 2 aromatic carbocycles. The minimum atomic E-state index is -1.83. The van der Waals surface area contributed by atoms with Gasteiger partial charge in [0.2, 0.25) is 23.6 Å². The van der Waals surface area contributed by atoms with Gasteiger partial charge in [0.1, 0.15) is 81.5 Å². The molecule has 16 atom stereocenters. The van der Waals surface area contributed by atoms with Crippen LogP contribution in [0.2, 0.25) is 10.0 Å². The number of esters is 2. The van der Waals surface area contributed by atoms with Crippen molar-refractivity contribution in [1.29, 1.82) is 0 Å². The van der Waals surface area contributed by atoms with E-state index >= 15 is 0 Å². The third-order valence-corrected chi connectivity index (χ3v) is 21.8. The van der Waals surface area contributed by atoms with E-state index in [1.165, 1.54) is 62.1 Å². The van der Waals surface area contributed by atoms with Crippen LogP contribution >= 0.6 is 48.5 Å². The van der Waals surface area contributed by atoms with E-state index in [1.807, 2.05) is 39.8 Å². The van der Waals surface area contributed by atoms with Crippen molar-refractivity contribution in [1.82, 2.24) is 20.4 Å². The number of benzene rings is 2. The number of nitrogens with zero attached hydrogens (tertiary/aromatic N) is 4. The normalized spacial score (nSPS) is 31.7. The Labute approximate surface area is 630 Å². The molecule has 8 bridgehead atoms. The highest BCUT2D eigenvalue weighted by Gasteiger charge is 2.66. The van der Waals surface area contributed by atoms with Gasteiger partial charge >= 0.3 is 24.1 Å². The SMILES string of the molecule is COc1cc2cc(c1Cl)N(C)C(=O)C[C@H](OC(=O)[C@H](C)N(C)C(=O)CCC(C)(C)S)[C@]1(C)O[C@H]1[C@H](C)[C@@H]1C[C@@](O)(NC(=O)O1)[C@H](OC)/C=C/C=C(/C)C2.COc1cc2cc(c1Cl)N(C)C(=O)C[C@H](OC(=O)[C@H](C)N(C)C(=O)CCCS)[C@]1(C)O[C@H]1[C@H](C)[C@@H]1C[C@@](O)(NC(=O)O1)[C@H](OC)/C=C/C=C(/C)C2. The summed E-state index contributed by atoms with van der Waals surface area (Å²) in [7, 11) is 12.0. The first kappa shape index (κ1) is 84.7. The fourth-order valence-electron chi connectivity index (χ4n) is 13.4. The number of halogens is 2. The average molecular weight is 1530 g/mol. The summed E-state index contributed by atoms with van der Waals surface area (Å²) in [6.07, 6.45) is 3.34. The van der Waals surface area contributed by atoms with Crippen LogP contribution in [-0.2, 0) is 79.5 Å². The number of carbonyl (C=O) groups is 8. The van der Waals surface area contributed by atoms with Crippen molar-refractivity contribution in [3.63, 3.8) is 0 Å². The molecule has 0 aromatic heterocycles. The number of aliphatic hydroxyl groups is 2. The highest BCUT2D eigenvalue weighted by atomic mass is 35.5. The molecule has 2 aromatic rings. The lowest BCUT2D eigenvalue weighted by molar-refractivity contribution is -0.162. The van der Waals surface area contributed by atoms with Crippen LogP contribution in [0.25, 0.3) is 0 Å². The Morgan fingerprint density at radius 3 is 1.39 bits per heavy atom. The molecule has 4 fully saturated rings. The second-order valence-corrected chi connectivity index (χ2v) is 31.4. The molecule has 0 radical (unpaired) electrons. The number of fused-ring (bicyclic) bond motifs is 10. The molecular formula is C74H104Cl2N6O20S2. The number of hydrogen-bond donors (Lipinski definition) is 6. The van der Waals surface area contributed by atoms with Crippen LogP contribution in [0.1, 0.15) is 132 Å². The molecule has 104 heavy (non-hydrogen) atoms. The third kappa shape index (κ3) is 20.2. The quantitative estimate of drug-likeness (QED) is 0.0395. The minimum absolute atomic E-state index is 0.0478. The van der Waals surface area contributed by atoms with Gasteiger partial charge in [-0.2, -0.15) is 25.3 Å². The number of carbonyl (C=O) groups excluding carboxylic acids is 8. The highest BCUT2D eigenvalue weighted by Crippen LogP contribution is 2.51. The zero-order valence-corrected chi connectivity index (χ0v) is 66.0. The number of allylic oxidation sites excluding steroid dienone is 6. The lowest BCUT2D eigenvalue weighted by Gasteiger charge is -2.42. The van der Waals surface area contributed by atoms with E-state index in [1.54, 1.807) is 104 Å². The Balaban J connectivity index is 0.000000291. The smallest absolute Gasteiger partial charge is 0.409 e. The molecule has 4 saturated heterocycles. The number of anilines is 2. The van der Waals surface area contributed by atoms with E-state index in [-0.39, 0.29) is 65.1 Å². The first-order valence-electron chi connectivity index (χ1n) is 34.7. The van der Waals surface area contributed by atoms with Crippen LogP contribution < -0.4 is 29.9 Å². The monoisotopic (exact) mass is 1530 g/mol. The topological polar surface area (TPSA) is 313 Å². The molecule has 0 saturated carbocycles. The molecule has 26 nitrogen and oxygen atoms in total. The lowest BCUT2D eigenvalue weighted by Crippen LogP contribution is -2.63. The minimum Gasteiger partial charge on any atom is -0.495 e. The molecular weight excluding hydrogens is 1430 g/mol. The van der Waals surface area contributed by atoms with Crippen LogP contribution in [0.3, 0.4) is 0 Å². The number of likely N-dealkylation sites (N-methyl/N-ethyl adjacent to an activating group) is 2. The summed E-state index contributed by atoms with van der Waals surface area (Å²) in [5.41, 5.74) is -1.81. The lowest BCUT2D eigenvalue weighted by atomic mass is 9.83. The van der Waals surface area contributed by atoms with Crippen molar-refractivity contribution in [3.05, 3.63) is 93.0 Å². The number of alkyl carbamates (subject to hydrolysis) is 2. The number of thiol groups is 2. The van der Waals surface area contributed by atoms with E-state index < -0.39 is 131 Å². The summed E-state index contributed by atoms with van der Waals surface area (Å²) in [4.78, 5) is 112. The van der Waals surface area contributed by atoms with Gasteiger partial charge < -0.3 is 77.2 Å². The van der Waals surface area contributed by atoms with Crippen molar-refractivity contribution in [3.8, 4) is 11.5 Å². The van der Waals surface area contributed by atoms with Gasteiger partial charge in [-0.15, -0.1) is 0 Å². The fourth-order valence-corrected chi connectivity index (χ4v) is 14.3. The van der Waals surface area contributed by atoms with Crippen molar-refractivity contribution in [2.75, 3.05) is 72.2 Å². The Morgan fingerprint density at radius 1 is 0.673 bits per heavy atom. The first-order valence-corrected chi connectivity index (χ1v) is 36.5. The second kappa shape index (κ2) is 35.0. The summed E-state index contributed by atoms with van der Waals surface area (Å²) < 4.78 is 58.0. The summed E-state index contributed by atoms with van der Waals surface area (Å²) in [6, 6.07) is 5.22. The van der Waals surface area contributed by atoms with Gasteiger partial charge in [-0.25, -0.2) is 19.2 Å². The van der Waals surface area contributed by atoms with E-state index in [4.69, 9.17) is 70.6 Å². The molecule has 8 rings (SSSR count). The second-order valence-electron chi connectivity index (χ2n) is 28.9. The average Bonchev–Trinajstić information content (AvgIpc) is 1.57. The van der Waals surface area contributed by atoms with Crippen LogP contribution in [0, 0.1) is 11.8 Å². The third-order valence-electron chi connectivity index (χ3n) is 20.5. The van der Waals surface area contributed by atoms with Crippen LogP contribution in [0.15, 0.2) is 71.9 Å². The number of amides is 6. The zero-order chi connectivity index (χ0) is 77.5. The van der Waals surface area contributed by atoms with Crippen molar-refractivity contribution >= 4 is 108 Å². The predicted molar refractivity (Wildman–Crippen MR) is 397 cm³/mol. The standard InChI is InChI=1S/C38H54ClN3O10S.C36H50ClN3O10S/c1-21-12-11-13-28(49-10)38(47)20-27(50-35(46)40-38)22(2)33-37(6,52-33)29(51-34(45)23(3)41(7)30(43)14-15-36(4,5)53)19-31(44)42(8)25-17-24(16-21)18-26(48-9)32(25)39;1-20-11-9-12-27(47-8)36(45)19-26(48-34(44)38-36)21(2)32-35(4,50-32)28(49-33(43)22(3)39(5)29(41)13-10-14-51)18-30(42)40(6)24-16-23(15-20)17-25(46-7)31(24)37/h11-13,17-18,22-23,27-29,33,47,53H,14-16,19-20H2,1-10H3,(H,40,46);9,11-12,16-17,21-22,26-28,32,45,51H,10,13-15,18-19H2,1-8H3,(H,38,44)/b13-11+,21-12-;12-9+,20-11-/t22-,23+,27+,28-,29+,33+,37+,38+;21-,22+,26+,27-,28+,32+,35+,36+/m11/s1. The van der Waals surface area contributed by atoms with Crippen molar-refractivity contribution in [2.45, 2.75) is 222 Å². The van der Waals surface area contributed by atoms with Crippen molar-refractivity contribution in [2.24, 2.45) is 11.8 Å². The van der Waals surface area contributed by atoms with Gasteiger partial charge in [0.15, 0.2) is 11.4 Å². The Kier molecular flexibility index (Phi) is 28.5. The summed E-state index contributed by atoms with van der Waals surface area (Å²) in [5, 5.41) is 28.9. The number of rotatable bonds is 16. The molecule has 4 N–H and O–H groups in total. The fraction of sp³-hybridized carbons (Fsp3) is 0.622. The molecule has 576 valence electrons. The summed E-state index contributed by atoms with van der Waals surface area (Å²) >= 11 is 22.2. The molecule has 30 heteroatoms. The Morgan fingerprint density at radius 2 is 1.05 bits per heavy atom. The molecule has 6 amide bonds. The van der Waals surface area contributed by atoms with Crippen LogP contribution in [-0.4, -0.2) is 218 Å². The number of epoxide rings is 2. The maximum absolute atomic E-state index is 14.1. The molecule has 0 unspecified atom stereocenters. The maximum Gasteiger partial charge on any atom is 0.409 e. The van der Waals surface area contributed by atoms with E-state index in [0.29, 0.717) is 54.3 Å². The molecule has 6 aliphatic rings. The number of hydrogen-bond acceptors (Lipinski definition) is 22. The molecule has 6 aliphatic heterocycles. The van der Waals surface area contributed by atoms with Gasteiger partial charge in [0.05, 0.1) is 50.6 Å². The van der Waals surface area contributed by atoms with Gasteiger partial charge in [-0.3, -0.25) is 29.8 Å². The summed E-state index contributed by atoms with van der Waals surface area (Å²) in [5.74, 6) is -2.60. The zero-order valence-electron chi connectivity index (χ0n) is 62.7. The summed E-state index contributed by atoms with van der Waals surface area (Å²) in [6.45, 7) is 17.8. The highest BCUT2D eigenvalue weighted by molar-refractivity contribution is 7.81. The van der Waals surface area contributed by atoms with Crippen LogP contribution in [0.5, 0.6) is 11.5 Å². The predicted octanol–water partition coefficient (Wildman–Crippen LogP) is 9.23. The maximum atomic E-state index is 14.1. The van der Waals surface area contributed by atoms with E-state index in [2.05, 4.69) is 35.9 Å². The number of ether oxygens (including phenoxy) is 10. The number of methoxy groups -OCH3 is 4. The largest absolute Gasteiger partial charge is 0.495 e. The Bertz CT molecular complexity index is 3650. The van der Waals surface area contributed by atoms with E-state index in [9.17, 15) is 48.6 Å². The number of nitrogens with one attached hydrogen (secondary N) is 2. The molecule has 0 aliphatic carbocycles. The van der Waals surface area contributed by atoms with Gasteiger partial charge in [-0.1, -0.05) is 98.5 Å². The van der Waals surface area contributed by atoms with Crippen molar-refractivity contribution < 1.29 is 95.9 Å². The molecule has 0 spiro atoms. The Hall–Kier alpha value is -6.60.